The van der Waals surface area contributed by atoms with Gasteiger partial charge < -0.3 is 15.4 Å². The molecule has 0 atom stereocenters. The van der Waals surface area contributed by atoms with E-state index in [1.165, 1.54) is 6.07 Å². The van der Waals surface area contributed by atoms with E-state index in [1.54, 1.807) is 26.2 Å². The smallest absolute Gasteiger partial charge is 0.407 e. The van der Waals surface area contributed by atoms with E-state index < -0.39 is 28.9 Å². The van der Waals surface area contributed by atoms with E-state index in [0.29, 0.717) is 24.6 Å². The molecule has 0 spiro atoms. The van der Waals surface area contributed by atoms with Gasteiger partial charge in [-0.25, -0.2) is 4.79 Å². The number of hydrogen-bond donors (Lipinski definition) is 2. The van der Waals surface area contributed by atoms with Gasteiger partial charge in [-0.3, -0.25) is 4.79 Å². The Morgan fingerprint density at radius 1 is 1.27 bits per heavy atom. The van der Waals surface area contributed by atoms with Gasteiger partial charge in [0.2, 0.25) is 0 Å². The highest BCUT2D eigenvalue weighted by Crippen LogP contribution is 2.32. The molecule has 0 aliphatic carbocycles. The molecule has 2 N–H and O–H groups in total. The largest absolute Gasteiger partial charge is 0.444 e. The number of alkyl halides is 2. The zero-order valence-corrected chi connectivity index (χ0v) is 17.3. The number of amides is 2. The van der Waals surface area contributed by atoms with E-state index in [0.717, 1.165) is 11.3 Å². The topological polar surface area (TPSA) is 67.4 Å². The minimum absolute atomic E-state index is 0.184. The van der Waals surface area contributed by atoms with Gasteiger partial charge in [0, 0.05) is 11.4 Å². The fourth-order valence-corrected chi connectivity index (χ4v) is 3.82. The molecule has 0 saturated carbocycles. The maximum absolute atomic E-state index is 12.6. The van der Waals surface area contributed by atoms with Gasteiger partial charge in [0.25, 0.3) is 11.7 Å². The lowest BCUT2D eigenvalue weighted by molar-refractivity contribution is 0.0502. The lowest BCUT2D eigenvalue weighted by Crippen LogP contribution is -2.55. The number of ether oxygens (including phenoxy) is 1. The van der Waals surface area contributed by atoms with Crippen LogP contribution >= 0.6 is 23.1 Å². The van der Waals surface area contributed by atoms with E-state index in [4.69, 9.17) is 4.74 Å². The molecule has 0 aromatic carbocycles. The maximum Gasteiger partial charge on any atom is 0.407 e. The first-order valence-corrected chi connectivity index (χ1v) is 10.1. The predicted molar refractivity (Wildman–Crippen MR) is 101 cm³/mol. The third-order valence-corrected chi connectivity index (χ3v) is 5.57. The second-order valence-electron chi connectivity index (χ2n) is 6.79. The van der Waals surface area contributed by atoms with Crippen molar-refractivity contribution in [1.29, 1.82) is 0 Å². The van der Waals surface area contributed by atoms with Crippen molar-refractivity contribution in [1.82, 2.24) is 10.6 Å². The minimum atomic E-state index is -2.59. The highest BCUT2D eigenvalue weighted by molar-refractivity contribution is 7.99. The summed E-state index contributed by atoms with van der Waals surface area (Å²) in [5, 5.41) is 7.20. The molecular formula is C17H26F2N2O3S2. The van der Waals surface area contributed by atoms with Gasteiger partial charge in [-0.2, -0.15) is 8.78 Å². The van der Waals surface area contributed by atoms with Gasteiger partial charge in [0.15, 0.2) is 0 Å². The fourth-order valence-electron chi connectivity index (χ4n) is 2.23. The Morgan fingerprint density at radius 2 is 1.88 bits per heavy atom. The van der Waals surface area contributed by atoms with Gasteiger partial charge in [-0.1, -0.05) is 25.6 Å². The highest BCUT2D eigenvalue weighted by Gasteiger charge is 2.31. The summed E-state index contributed by atoms with van der Waals surface area (Å²) in [6.07, 6.45) is 0.560. The lowest BCUT2D eigenvalue weighted by atomic mass is 9.92. The van der Waals surface area contributed by atoms with Crippen molar-refractivity contribution in [2.75, 3.05) is 6.54 Å². The minimum Gasteiger partial charge on any atom is -0.444 e. The van der Waals surface area contributed by atoms with Crippen molar-refractivity contribution in [2.45, 2.75) is 69.3 Å². The Hall–Kier alpha value is -1.35. The summed E-state index contributed by atoms with van der Waals surface area (Å²) in [5.41, 5.74) is -1.31. The predicted octanol–water partition coefficient (Wildman–Crippen LogP) is 4.88. The zero-order valence-electron chi connectivity index (χ0n) is 15.7. The molecule has 5 nitrogen and oxygen atoms in total. The molecule has 26 heavy (non-hydrogen) atoms. The van der Waals surface area contributed by atoms with Crippen LogP contribution in [0.2, 0.25) is 0 Å². The molecule has 1 heterocycles. The van der Waals surface area contributed by atoms with Crippen molar-refractivity contribution < 1.29 is 23.1 Å². The van der Waals surface area contributed by atoms with Crippen LogP contribution in [0.1, 0.15) is 57.1 Å². The Kier molecular flexibility index (Phi) is 8.33. The summed E-state index contributed by atoms with van der Waals surface area (Å²) < 4.78 is 30.5. The van der Waals surface area contributed by atoms with Crippen LogP contribution in [-0.2, 0) is 4.74 Å². The van der Waals surface area contributed by atoms with Crippen LogP contribution in [0.3, 0.4) is 0 Å². The van der Waals surface area contributed by atoms with Crippen LogP contribution in [0.15, 0.2) is 16.3 Å². The average molecular weight is 409 g/mol. The molecular weight excluding hydrogens is 382 g/mol. The van der Waals surface area contributed by atoms with Crippen LogP contribution in [0.4, 0.5) is 13.6 Å². The Labute approximate surface area is 161 Å². The number of rotatable bonds is 8. The summed E-state index contributed by atoms with van der Waals surface area (Å²) >= 11 is 1.47. The summed E-state index contributed by atoms with van der Waals surface area (Å²) in [6.45, 7) is 9.26. The van der Waals surface area contributed by atoms with Crippen LogP contribution in [-0.4, -0.2) is 35.4 Å². The number of alkyl carbamates (subject to hydrolysis) is 1. The molecule has 0 bridgehead atoms. The Balaban J connectivity index is 2.81. The molecule has 0 radical (unpaired) electrons. The molecule has 1 aromatic rings. The van der Waals surface area contributed by atoms with E-state index in [9.17, 15) is 18.4 Å². The number of carbonyl (C=O) groups excluding carboxylic acids is 2. The summed E-state index contributed by atoms with van der Waals surface area (Å²) in [7, 11) is 0. The molecule has 9 heteroatoms. The number of hydrogen-bond acceptors (Lipinski definition) is 5. The quantitative estimate of drug-likeness (QED) is 0.602. The number of carbonyl (C=O) groups is 2. The second kappa shape index (κ2) is 9.55. The monoisotopic (exact) mass is 408 g/mol. The Bertz CT molecular complexity index is 611. The number of halogens is 2. The average Bonchev–Trinajstić information content (AvgIpc) is 2.97. The fraction of sp³-hybridized carbons (Fsp3) is 0.647. The van der Waals surface area contributed by atoms with Crippen LogP contribution in [0.25, 0.3) is 0 Å². The SMILES string of the molecule is CCC(CC)(CNC(=O)OC(C)(C)C)NC(=O)c1sccc1SC(F)F. The molecule has 0 saturated heterocycles. The molecule has 0 fully saturated rings. The van der Waals surface area contributed by atoms with Gasteiger partial charge in [0.05, 0.1) is 5.54 Å². The number of nitrogens with one attached hydrogen (secondary N) is 2. The standard InChI is InChI=1S/C17H26F2N2O3S2/c1-6-17(7-2,10-20-15(23)24-16(3,4)5)21-13(22)12-11(8-9-25-12)26-14(18)19/h8-9,14H,6-7,10H2,1-5H3,(H,20,23)(H,21,22). The first kappa shape index (κ1) is 22.7. The first-order chi connectivity index (χ1) is 12.0. The van der Waals surface area contributed by atoms with E-state index >= 15 is 0 Å². The molecule has 2 amide bonds. The third kappa shape index (κ3) is 7.11. The zero-order chi connectivity index (χ0) is 20.0. The van der Waals surface area contributed by atoms with Crippen molar-refractivity contribution in [2.24, 2.45) is 0 Å². The van der Waals surface area contributed by atoms with Crippen LogP contribution < -0.4 is 10.6 Å². The number of thioether (sulfide) groups is 1. The van der Waals surface area contributed by atoms with Crippen molar-refractivity contribution in [3.63, 3.8) is 0 Å². The highest BCUT2D eigenvalue weighted by atomic mass is 32.2. The molecule has 1 rings (SSSR count). The van der Waals surface area contributed by atoms with Crippen LogP contribution in [0, 0.1) is 0 Å². The molecule has 148 valence electrons. The van der Waals surface area contributed by atoms with Crippen LogP contribution in [0.5, 0.6) is 0 Å². The third-order valence-electron chi connectivity index (χ3n) is 3.75. The van der Waals surface area contributed by atoms with Crippen molar-refractivity contribution >= 4 is 35.1 Å². The van der Waals surface area contributed by atoms with E-state index in [-0.39, 0.29) is 16.3 Å². The second-order valence-corrected chi connectivity index (χ2v) is 8.74. The Morgan fingerprint density at radius 3 is 2.38 bits per heavy atom. The van der Waals surface area contributed by atoms with E-state index in [1.807, 2.05) is 13.8 Å². The van der Waals surface area contributed by atoms with Gasteiger partial charge in [-0.15, -0.1) is 11.3 Å². The van der Waals surface area contributed by atoms with Gasteiger partial charge >= 0.3 is 6.09 Å². The summed E-state index contributed by atoms with van der Waals surface area (Å²) in [5.74, 6) is -3.01. The molecule has 0 aliphatic rings. The first-order valence-electron chi connectivity index (χ1n) is 8.33. The lowest BCUT2D eigenvalue weighted by Gasteiger charge is -2.33. The molecule has 1 aromatic heterocycles. The van der Waals surface area contributed by atoms with Crippen molar-refractivity contribution in [3.05, 3.63) is 16.3 Å². The summed E-state index contributed by atoms with van der Waals surface area (Å²) in [4.78, 5) is 25.0. The van der Waals surface area contributed by atoms with Gasteiger partial charge in [-0.05, 0) is 45.1 Å². The van der Waals surface area contributed by atoms with Gasteiger partial charge in [0.1, 0.15) is 10.5 Å². The molecule has 0 unspecified atom stereocenters. The van der Waals surface area contributed by atoms with E-state index in [2.05, 4.69) is 10.6 Å². The number of thiophene rings is 1. The normalized spacial score (nSPS) is 12.2. The maximum atomic E-state index is 12.6. The van der Waals surface area contributed by atoms with Crippen molar-refractivity contribution in [3.8, 4) is 0 Å². The summed E-state index contributed by atoms with van der Waals surface area (Å²) in [6, 6.07) is 1.51. The molecule has 0 aliphatic heterocycles.